The van der Waals surface area contributed by atoms with Crippen molar-refractivity contribution in [1.82, 2.24) is 25.0 Å². The molecule has 9 nitrogen and oxygen atoms in total. The van der Waals surface area contributed by atoms with Gasteiger partial charge in [-0.1, -0.05) is 5.16 Å². The molecule has 0 unspecified atom stereocenters. The van der Waals surface area contributed by atoms with Crippen molar-refractivity contribution in [2.24, 2.45) is 0 Å². The van der Waals surface area contributed by atoms with Crippen LogP contribution in [0.3, 0.4) is 0 Å². The van der Waals surface area contributed by atoms with Crippen LogP contribution in [0.5, 0.6) is 11.5 Å². The van der Waals surface area contributed by atoms with Gasteiger partial charge in [-0.3, -0.25) is 4.79 Å². The van der Waals surface area contributed by atoms with Gasteiger partial charge in [0.05, 0.1) is 5.92 Å². The molecule has 26 heavy (non-hydrogen) atoms. The molecule has 0 atom stereocenters. The summed E-state index contributed by atoms with van der Waals surface area (Å²) in [6, 6.07) is 6.91. The second-order valence-electron chi connectivity index (χ2n) is 6.00. The summed E-state index contributed by atoms with van der Waals surface area (Å²) in [6.07, 6.45) is 3.24. The first kappa shape index (κ1) is 14.8. The summed E-state index contributed by atoms with van der Waals surface area (Å²) in [5.74, 6) is 2.45. The molecule has 5 rings (SSSR count). The Labute approximate surface area is 147 Å². The zero-order chi connectivity index (χ0) is 17.5. The smallest absolute Gasteiger partial charge is 0.254 e. The molecule has 1 amide bonds. The van der Waals surface area contributed by atoms with E-state index in [9.17, 15) is 4.79 Å². The van der Waals surface area contributed by atoms with Gasteiger partial charge in [0.2, 0.25) is 24.3 Å². The molecule has 0 radical (unpaired) electrons. The number of fused-ring (bicyclic) bond motifs is 1. The lowest BCUT2D eigenvalue weighted by Gasteiger charge is -2.37. The Kier molecular flexibility index (Phi) is 3.30. The molecule has 3 aromatic rings. The standard InChI is InChI=1S/C17H13N5O4/c23-17(10-2-3-12-13(6-10)25-9-24-12)22-7-11(8-22)16-20-15(21-26-16)14-18-4-1-5-19-14/h1-6,11H,7-9H2. The monoisotopic (exact) mass is 351 g/mol. The lowest BCUT2D eigenvalue weighted by Crippen LogP contribution is -2.48. The summed E-state index contributed by atoms with van der Waals surface area (Å²) in [5, 5.41) is 3.91. The summed E-state index contributed by atoms with van der Waals surface area (Å²) in [7, 11) is 0. The van der Waals surface area contributed by atoms with Gasteiger partial charge in [0.15, 0.2) is 11.5 Å². The van der Waals surface area contributed by atoms with Crippen molar-refractivity contribution in [3.63, 3.8) is 0 Å². The van der Waals surface area contributed by atoms with Crippen molar-refractivity contribution in [3.05, 3.63) is 48.1 Å². The molecule has 9 heteroatoms. The summed E-state index contributed by atoms with van der Waals surface area (Å²) < 4.78 is 15.9. The largest absolute Gasteiger partial charge is 0.454 e. The van der Waals surface area contributed by atoms with E-state index in [0.29, 0.717) is 47.7 Å². The molecule has 130 valence electrons. The molecular weight excluding hydrogens is 338 g/mol. The topological polar surface area (TPSA) is 103 Å². The fourth-order valence-corrected chi connectivity index (χ4v) is 2.92. The zero-order valence-electron chi connectivity index (χ0n) is 13.5. The molecule has 1 fully saturated rings. The minimum absolute atomic E-state index is 0.0120. The summed E-state index contributed by atoms with van der Waals surface area (Å²) in [5.41, 5.74) is 0.566. The summed E-state index contributed by atoms with van der Waals surface area (Å²) in [4.78, 5) is 26.8. The Hall–Kier alpha value is -3.49. The van der Waals surface area contributed by atoms with Crippen LogP contribution in [0.4, 0.5) is 0 Å². The van der Waals surface area contributed by atoms with Crippen LogP contribution in [0.2, 0.25) is 0 Å². The van der Waals surface area contributed by atoms with E-state index in [-0.39, 0.29) is 18.6 Å². The maximum absolute atomic E-state index is 12.6. The molecule has 1 saturated heterocycles. The van der Waals surface area contributed by atoms with Gasteiger partial charge in [-0.05, 0) is 24.3 Å². The van der Waals surface area contributed by atoms with Crippen LogP contribution in [-0.2, 0) is 0 Å². The number of benzene rings is 1. The van der Waals surface area contributed by atoms with Crippen molar-refractivity contribution in [2.75, 3.05) is 19.9 Å². The third kappa shape index (κ3) is 2.44. The highest BCUT2D eigenvalue weighted by molar-refractivity contribution is 5.95. The second-order valence-corrected chi connectivity index (χ2v) is 6.00. The van der Waals surface area contributed by atoms with E-state index in [1.165, 1.54) is 0 Å². The minimum atomic E-state index is -0.0642. The first-order valence-electron chi connectivity index (χ1n) is 8.08. The molecule has 0 bridgehead atoms. The Morgan fingerprint density at radius 3 is 2.73 bits per heavy atom. The fraction of sp³-hybridized carbons (Fsp3) is 0.235. The second kappa shape index (κ2) is 5.80. The average Bonchev–Trinajstić information content (AvgIpc) is 3.30. The van der Waals surface area contributed by atoms with E-state index in [2.05, 4.69) is 20.1 Å². The Morgan fingerprint density at radius 1 is 1.08 bits per heavy atom. The molecule has 2 aliphatic heterocycles. The van der Waals surface area contributed by atoms with Crippen molar-refractivity contribution in [2.45, 2.75) is 5.92 Å². The van der Waals surface area contributed by atoms with Gasteiger partial charge in [0, 0.05) is 31.0 Å². The molecular formula is C17H13N5O4. The number of ether oxygens (including phenoxy) is 2. The predicted octanol–water partition coefficient (Wildman–Crippen LogP) is 1.49. The van der Waals surface area contributed by atoms with E-state index in [4.69, 9.17) is 14.0 Å². The fourth-order valence-electron chi connectivity index (χ4n) is 2.92. The maximum atomic E-state index is 12.6. The van der Waals surface area contributed by atoms with Gasteiger partial charge < -0.3 is 18.9 Å². The molecule has 0 saturated carbocycles. The van der Waals surface area contributed by atoms with Crippen molar-refractivity contribution in [3.8, 4) is 23.1 Å². The van der Waals surface area contributed by atoms with Crippen LogP contribution in [0.1, 0.15) is 22.2 Å². The molecule has 2 aliphatic rings. The van der Waals surface area contributed by atoms with Crippen LogP contribution in [0.25, 0.3) is 11.6 Å². The lowest BCUT2D eigenvalue weighted by molar-refractivity contribution is 0.0569. The van der Waals surface area contributed by atoms with E-state index < -0.39 is 0 Å². The number of nitrogens with zero attached hydrogens (tertiary/aromatic N) is 5. The van der Waals surface area contributed by atoms with Gasteiger partial charge in [0.25, 0.3) is 5.91 Å². The Morgan fingerprint density at radius 2 is 1.88 bits per heavy atom. The summed E-state index contributed by atoms with van der Waals surface area (Å²) >= 11 is 0. The highest BCUT2D eigenvalue weighted by atomic mass is 16.7. The molecule has 1 aromatic carbocycles. The molecule has 2 aromatic heterocycles. The molecule has 0 aliphatic carbocycles. The Balaban J connectivity index is 1.26. The number of amides is 1. The molecule has 4 heterocycles. The third-order valence-electron chi connectivity index (χ3n) is 4.35. The normalized spacial score (nSPS) is 15.8. The van der Waals surface area contributed by atoms with Crippen molar-refractivity contribution < 1.29 is 18.8 Å². The number of rotatable bonds is 3. The highest BCUT2D eigenvalue weighted by Gasteiger charge is 2.36. The highest BCUT2D eigenvalue weighted by Crippen LogP contribution is 2.34. The zero-order valence-corrected chi connectivity index (χ0v) is 13.5. The number of likely N-dealkylation sites (tertiary alicyclic amines) is 1. The SMILES string of the molecule is O=C(c1ccc2c(c1)OCO2)N1CC(c2nc(-c3ncccn3)no2)C1. The van der Waals surface area contributed by atoms with Crippen LogP contribution in [-0.4, -0.2) is 50.8 Å². The van der Waals surface area contributed by atoms with Crippen LogP contribution in [0.15, 0.2) is 41.2 Å². The van der Waals surface area contributed by atoms with Gasteiger partial charge in [0.1, 0.15) is 0 Å². The van der Waals surface area contributed by atoms with E-state index in [0.717, 1.165) is 0 Å². The minimum Gasteiger partial charge on any atom is -0.454 e. The first-order chi connectivity index (χ1) is 12.8. The predicted molar refractivity (Wildman–Crippen MR) is 86.5 cm³/mol. The summed E-state index contributed by atoms with van der Waals surface area (Å²) in [6.45, 7) is 1.22. The number of hydrogen-bond acceptors (Lipinski definition) is 8. The van der Waals surface area contributed by atoms with Crippen molar-refractivity contribution >= 4 is 5.91 Å². The van der Waals surface area contributed by atoms with Crippen LogP contribution >= 0.6 is 0 Å². The average molecular weight is 351 g/mol. The number of aromatic nitrogens is 4. The molecule has 0 spiro atoms. The van der Waals surface area contributed by atoms with Gasteiger partial charge in [-0.15, -0.1) is 0 Å². The lowest BCUT2D eigenvalue weighted by atomic mass is 9.98. The van der Waals surface area contributed by atoms with Gasteiger partial charge in [-0.25, -0.2) is 9.97 Å². The third-order valence-corrected chi connectivity index (χ3v) is 4.35. The van der Waals surface area contributed by atoms with Gasteiger partial charge >= 0.3 is 0 Å². The quantitative estimate of drug-likeness (QED) is 0.699. The van der Waals surface area contributed by atoms with E-state index in [1.54, 1.807) is 41.6 Å². The Bertz CT molecular complexity index is 968. The van der Waals surface area contributed by atoms with E-state index in [1.807, 2.05) is 0 Å². The number of carbonyl (C=O) groups excluding carboxylic acids is 1. The first-order valence-corrected chi connectivity index (χ1v) is 8.08. The molecule has 0 N–H and O–H groups in total. The number of hydrogen-bond donors (Lipinski definition) is 0. The van der Waals surface area contributed by atoms with Crippen LogP contribution in [0, 0.1) is 0 Å². The maximum Gasteiger partial charge on any atom is 0.254 e. The number of carbonyl (C=O) groups is 1. The van der Waals surface area contributed by atoms with E-state index >= 15 is 0 Å². The van der Waals surface area contributed by atoms with Gasteiger partial charge in [-0.2, -0.15) is 4.98 Å². The van der Waals surface area contributed by atoms with Crippen LogP contribution < -0.4 is 9.47 Å². The van der Waals surface area contributed by atoms with Crippen molar-refractivity contribution in [1.29, 1.82) is 0 Å².